The van der Waals surface area contributed by atoms with Gasteiger partial charge in [0.25, 0.3) is 0 Å². The van der Waals surface area contributed by atoms with Crippen molar-refractivity contribution < 1.29 is 14.3 Å². The van der Waals surface area contributed by atoms with E-state index in [0.29, 0.717) is 13.0 Å². The molecule has 0 heterocycles. The smallest absolute Gasteiger partial charge is 0.243 e. The van der Waals surface area contributed by atoms with E-state index < -0.39 is 6.04 Å². The van der Waals surface area contributed by atoms with E-state index in [1.54, 1.807) is 12.0 Å². The van der Waals surface area contributed by atoms with Gasteiger partial charge in [-0.2, -0.15) is 0 Å². The van der Waals surface area contributed by atoms with Gasteiger partial charge in [-0.1, -0.05) is 79.2 Å². The molecule has 0 aliphatic carbocycles. The van der Waals surface area contributed by atoms with E-state index in [9.17, 15) is 9.59 Å². The predicted molar refractivity (Wildman–Crippen MR) is 140 cm³/mol. The average molecular weight is 473 g/mol. The number of ether oxygens (including phenoxy) is 1. The van der Waals surface area contributed by atoms with Crippen molar-refractivity contribution in [3.63, 3.8) is 0 Å². The number of methoxy groups -OCH3 is 1. The summed E-state index contributed by atoms with van der Waals surface area (Å²) in [5.41, 5.74) is 3.96. The van der Waals surface area contributed by atoms with Crippen molar-refractivity contribution in [2.75, 3.05) is 7.11 Å². The van der Waals surface area contributed by atoms with Crippen LogP contribution in [0.2, 0.25) is 0 Å². The van der Waals surface area contributed by atoms with E-state index in [-0.39, 0.29) is 24.3 Å². The minimum Gasteiger partial charge on any atom is -0.497 e. The molecule has 5 nitrogen and oxygen atoms in total. The number of aryl methyl sites for hydroxylation is 1. The highest BCUT2D eigenvalue weighted by Crippen LogP contribution is 2.20. The number of benzene rings is 3. The maximum Gasteiger partial charge on any atom is 0.243 e. The van der Waals surface area contributed by atoms with Crippen molar-refractivity contribution in [3.8, 4) is 5.75 Å². The monoisotopic (exact) mass is 472 g/mol. The Balaban J connectivity index is 1.98. The first-order valence-electron chi connectivity index (χ1n) is 12.2. The highest BCUT2D eigenvalue weighted by molar-refractivity contribution is 5.89. The predicted octanol–water partition coefficient (Wildman–Crippen LogP) is 5.10. The summed E-state index contributed by atoms with van der Waals surface area (Å²) < 4.78 is 5.39. The van der Waals surface area contributed by atoms with Crippen LogP contribution in [0.3, 0.4) is 0 Å². The summed E-state index contributed by atoms with van der Waals surface area (Å²) >= 11 is 0. The van der Waals surface area contributed by atoms with Crippen LogP contribution in [0.25, 0.3) is 0 Å². The van der Waals surface area contributed by atoms with Gasteiger partial charge in [0, 0.05) is 19.0 Å². The Morgan fingerprint density at radius 3 is 2.29 bits per heavy atom. The van der Waals surface area contributed by atoms with Gasteiger partial charge >= 0.3 is 0 Å². The Kier molecular flexibility index (Phi) is 9.47. The zero-order chi connectivity index (χ0) is 25.2. The van der Waals surface area contributed by atoms with Crippen LogP contribution in [0, 0.1) is 6.92 Å². The van der Waals surface area contributed by atoms with Gasteiger partial charge in [-0.25, -0.2) is 0 Å². The second-order valence-corrected chi connectivity index (χ2v) is 9.06. The maximum atomic E-state index is 13.8. The van der Waals surface area contributed by atoms with Crippen LogP contribution in [-0.4, -0.2) is 35.9 Å². The molecule has 3 aromatic carbocycles. The molecule has 5 heteroatoms. The molecule has 0 saturated heterocycles. The van der Waals surface area contributed by atoms with Gasteiger partial charge in [0.05, 0.1) is 13.5 Å². The van der Waals surface area contributed by atoms with Gasteiger partial charge in [-0.3, -0.25) is 9.59 Å². The van der Waals surface area contributed by atoms with Crippen LogP contribution >= 0.6 is 0 Å². The van der Waals surface area contributed by atoms with Crippen molar-refractivity contribution in [2.45, 2.75) is 58.7 Å². The lowest BCUT2D eigenvalue weighted by Crippen LogP contribution is -2.52. The highest BCUT2D eigenvalue weighted by Gasteiger charge is 2.31. The number of amides is 2. The van der Waals surface area contributed by atoms with Gasteiger partial charge < -0.3 is 15.0 Å². The van der Waals surface area contributed by atoms with Crippen LogP contribution < -0.4 is 10.1 Å². The molecule has 0 aliphatic rings. The molecule has 0 saturated carbocycles. The lowest BCUT2D eigenvalue weighted by molar-refractivity contribution is -0.141. The van der Waals surface area contributed by atoms with Crippen LogP contribution in [0.4, 0.5) is 0 Å². The number of hydrogen-bond donors (Lipinski definition) is 1. The van der Waals surface area contributed by atoms with E-state index in [1.807, 2.05) is 99.6 Å². The normalized spacial score (nSPS) is 12.5. The standard InChI is InChI=1S/C30H36N2O3/c1-5-23(3)31-30(34)28(19-24-12-7-6-8-13-24)32(21-26-15-10-16-27(18-26)35-4)29(33)20-25-14-9-11-22(2)17-25/h6-18,23,28H,5,19-21H2,1-4H3,(H,31,34). The SMILES string of the molecule is CCC(C)NC(=O)C(Cc1ccccc1)N(Cc1cccc(OC)c1)C(=O)Cc1cccc(C)c1. The molecule has 0 radical (unpaired) electrons. The molecule has 3 aromatic rings. The first kappa shape index (κ1) is 26.0. The number of nitrogens with zero attached hydrogens (tertiary/aromatic N) is 1. The summed E-state index contributed by atoms with van der Waals surface area (Å²) in [6, 6.07) is 24.9. The highest BCUT2D eigenvalue weighted by atomic mass is 16.5. The fourth-order valence-corrected chi connectivity index (χ4v) is 4.06. The minimum absolute atomic E-state index is 0.0197. The van der Waals surface area contributed by atoms with Gasteiger partial charge in [0.15, 0.2) is 0 Å². The summed E-state index contributed by atoms with van der Waals surface area (Å²) in [5, 5.41) is 3.11. The van der Waals surface area contributed by atoms with Crippen LogP contribution in [-0.2, 0) is 29.0 Å². The second kappa shape index (κ2) is 12.7. The first-order valence-corrected chi connectivity index (χ1v) is 12.2. The fraction of sp³-hybridized carbons (Fsp3) is 0.333. The molecule has 2 atom stereocenters. The first-order chi connectivity index (χ1) is 16.9. The number of rotatable bonds is 11. The van der Waals surface area contributed by atoms with Crippen molar-refractivity contribution >= 4 is 11.8 Å². The van der Waals surface area contributed by atoms with E-state index in [4.69, 9.17) is 4.74 Å². The zero-order valence-corrected chi connectivity index (χ0v) is 21.2. The summed E-state index contributed by atoms with van der Waals surface area (Å²) in [6.45, 7) is 6.35. The third kappa shape index (κ3) is 7.71. The molecule has 0 spiro atoms. The molecule has 2 amide bonds. The number of carbonyl (C=O) groups excluding carboxylic acids is 2. The topological polar surface area (TPSA) is 58.6 Å². The molecule has 35 heavy (non-hydrogen) atoms. The largest absolute Gasteiger partial charge is 0.497 e. The van der Waals surface area contributed by atoms with E-state index in [2.05, 4.69) is 5.32 Å². The molecule has 0 fully saturated rings. The second-order valence-electron chi connectivity index (χ2n) is 9.06. The van der Waals surface area contributed by atoms with E-state index in [0.717, 1.165) is 34.4 Å². The molecule has 0 aromatic heterocycles. The molecule has 184 valence electrons. The molecule has 0 aliphatic heterocycles. The lowest BCUT2D eigenvalue weighted by Gasteiger charge is -2.32. The van der Waals surface area contributed by atoms with Crippen LogP contribution in [0.5, 0.6) is 5.75 Å². The van der Waals surface area contributed by atoms with Crippen molar-refractivity contribution in [1.82, 2.24) is 10.2 Å². The van der Waals surface area contributed by atoms with Crippen LogP contribution in [0.1, 0.15) is 42.5 Å². The van der Waals surface area contributed by atoms with E-state index >= 15 is 0 Å². The third-order valence-corrected chi connectivity index (χ3v) is 6.20. The van der Waals surface area contributed by atoms with Crippen molar-refractivity contribution in [2.24, 2.45) is 0 Å². The Morgan fingerprint density at radius 1 is 0.914 bits per heavy atom. The molecule has 0 bridgehead atoms. The third-order valence-electron chi connectivity index (χ3n) is 6.20. The molecule has 2 unspecified atom stereocenters. The Labute approximate surface area is 209 Å². The summed E-state index contributed by atoms with van der Waals surface area (Å²) in [6.07, 6.45) is 1.48. The van der Waals surface area contributed by atoms with Gasteiger partial charge in [-0.15, -0.1) is 0 Å². The summed E-state index contributed by atoms with van der Waals surface area (Å²) in [5.74, 6) is 0.500. The summed E-state index contributed by atoms with van der Waals surface area (Å²) in [4.78, 5) is 29.1. The Morgan fingerprint density at radius 2 is 1.60 bits per heavy atom. The van der Waals surface area contributed by atoms with E-state index in [1.165, 1.54) is 0 Å². The van der Waals surface area contributed by atoms with Crippen molar-refractivity contribution in [3.05, 3.63) is 101 Å². The van der Waals surface area contributed by atoms with Gasteiger partial charge in [0.2, 0.25) is 11.8 Å². The molecular formula is C30H36N2O3. The molecule has 1 N–H and O–H groups in total. The average Bonchev–Trinajstić information content (AvgIpc) is 2.86. The Bertz CT molecular complexity index is 1110. The Hall–Kier alpha value is -3.60. The number of hydrogen-bond acceptors (Lipinski definition) is 3. The van der Waals surface area contributed by atoms with Crippen LogP contribution in [0.15, 0.2) is 78.9 Å². The van der Waals surface area contributed by atoms with Gasteiger partial charge in [0.1, 0.15) is 11.8 Å². The summed E-state index contributed by atoms with van der Waals surface area (Å²) in [7, 11) is 1.62. The maximum absolute atomic E-state index is 13.8. The number of nitrogens with one attached hydrogen (secondary N) is 1. The quantitative estimate of drug-likeness (QED) is 0.422. The fourth-order valence-electron chi connectivity index (χ4n) is 4.06. The van der Waals surface area contributed by atoms with Crippen molar-refractivity contribution in [1.29, 1.82) is 0 Å². The molecular weight excluding hydrogens is 436 g/mol. The van der Waals surface area contributed by atoms with Gasteiger partial charge in [-0.05, 0) is 49.1 Å². The number of carbonyl (C=O) groups is 2. The lowest BCUT2D eigenvalue weighted by atomic mass is 10.0. The minimum atomic E-state index is -0.644. The zero-order valence-electron chi connectivity index (χ0n) is 21.2. The molecule has 3 rings (SSSR count).